The van der Waals surface area contributed by atoms with Crippen LogP contribution in [0, 0.1) is 0 Å². The van der Waals surface area contributed by atoms with E-state index in [1.807, 2.05) is 0 Å². The fraction of sp³-hybridized carbons (Fsp3) is 1.00. The second-order valence-corrected chi connectivity index (χ2v) is 1.50. The molecule has 1 heterocycles. The zero-order chi connectivity index (χ0) is 4.24. The first-order valence-electron chi connectivity index (χ1n) is 2.41. The Hall–Kier alpha value is 1.04. The summed E-state index contributed by atoms with van der Waals surface area (Å²) in [5, 5.41) is 6.44. The Bertz CT molecular complexity index is 29.5. The number of hydrogen-bond acceptors (Lipinski definition) is 2. The zero-order valence-corrected chi connectivity index (χ0v) is 8.54. The molecule has 1 aliphatic heterocycles. The van der Waals surface area contributed by atoms with Crippen LogP contribution in [-0.4, -0.2) is 26.2 Å². The maximum atomic E-state index is 3.22. The topological polar surface area (TPSA) is 24.1 Å². The Balaban J connectivity index is 0. The van der Waals surface area contributed by atoms with Gasteiger partial charge in [0.25, 0.3) is 0 Å². The average Bonchev–Trinajstić information content (AvgIpc) is 1.72. The summed E-state index contributed by atoms with van der Waals surface area (Å²) < 4.78 is 0. The first kappa shape index (κ1) is 11.8. The average molecular weight is 315 g/mol. The molecule has 0 aromatic heterocycles. The Morgan fingerprint density at radius 3 is 1.12 bits per heavy atom. The van der Waals surface area contributed by atoms with Crippen LogP contribution in [-0.2, 0) is 21.1 Å². The monoisotopic (exact) mass is 315 g/mol. The Kier molecular flexibility index (Phi) is 11.8. The largest absolute Gasteiger partial charge is 0.314 e. The van der Waals surface area contributed by atoms with E-state index in [0.29, 0.717) is 0 Å². The second kappa shape index (κ2) is 8.04. The van der Waals surface area contributed by atoms with Crippen molar-refractivity contribution < 1.29 is 21.1 Å². The molecule has 0 radical (unpaired) electrons. The molecule has 1 saturated heterocycles. The molecular weight excluding hydrogens is 302 g/mol. The minimum absolute atomic E-state index is 0. The molecule has 54 valence electrons. The molecule has 0 amide bonds. The van der Waals surface area contributed by atoms with Gasteiger partial charge >= 0.3 is 0 Å². The van der Waals surface area contributed by atoms with E-state index in [2.05, 4.69) is 10.6 Å². The second-order valence-electron chi connectivity index (χ2n) is 1.50. The molecule has 1 fully saturated rings. The number of hydrogen-bond donors (Lipinski definition) is 2. The first-order chi connectivity index (χ1) is 3.00. The van der Waals surface area contributed by atoms with Crippen molar-refractivity contribution in [3.63, 3.8) is 0 Å². The molecule has 0 bridgehead atoms. The van der Waals surface area contributed by atoms with Crippen LogP contribution in [0.3, 0.4) is 0 Å². The van der Waals surface area contributed by atoms with E-state index in [-0.39, 0.29) is 31.0 Å². The molecule has 0 aromatic rings. The van der Waals surface area contributed by atoms with E-state index in [1.165, 1.54) is 0 Å². The van der Waals surface area contributed by atoms with Crippen molar-refractivity contribution >= 4 is 9.90 Å². The van der Waals surface area contributed by atoms with Gasteiger partial charge in [0.2, 0.25) is 0 Å². The minimum atomic E-state index is 0. The first-order valence-corrected chi connectivity index (χ1v) is 2.41. The summed E-state index contributed by atoms with van der Waals surface area (Å²) in [6.07, 6.45) is 0. The van der Waals surface area contributed by atoms with Gasteiger partial charge in [-0.05, 0) is 0 Å². The third-order valence-corrected chi connectivity index (χ3v) is 0.957. The fourth-order valence-corrected chi connectivity index (χ4v) is 0.604. The summed E-state index contributed by atoms with van der Waals surface area (Å²) in [5.74, 6) is 0. The summed E-state index contributed by atoms with van der Waals surface area (Å²) >= 11 is 0. The molecule has 0 aromatic carbocycles. The number of nitrogens with one attached hydrogen (secondary N) is 2. The standard InChI is InChI=1S/C4H10N2.H3P.Pt/c1-2-6-4-3-5-1;;/h5-6H,1-4H2;1H3;. The van der Waals surface area contributed by atoms with Crippen LogP contribution in [0.15, 0.2) is 0 Å². The quantitative estimate of drug-likeness (QED) is 0.574. The Labute approximate surface area is 68.1 Å². The van der Waals surface area contributed by atoms with Crippen molar-refractivity contribution in [1.29, 1.82) is 0 Å². The van der Waals surface area contributed by atoms with Crippen LogP contribution < -0.4 is 10.6 Å². The Morgan fingerprint density at radius 2 is 1.00 bits per heavy atom. The van der Waals surface area contributed by atoms with Gasteiger partial charge in [-0.1, -0.05) is 0 Å². The van der Waals surface area contributed by atoms with Crippen molar-refractivity contribution in [2.24, 2.45) is 0 Å². The molecular formula is C4H13N2PPt. The summed E-state index contributed by atoms with van der Waals surface area (Å²) in [5.41, 5.74) is 0. The van der Waals surface area contributed by atoms with Gasteiger partial charge in [-0.2, -0.15) is 9.90 Å². The van der Waals surface area contributed by atoms with Gasteiger partial charge in [-0.15, -0.1) is 0 Å². The number of piperazine rings is 1. The molecule has 1 atom stereocenters. The van der Waals surface area contributed by atoms with Crippen molar-refractivity contribution in [3.8, 4) is 0 Å². The molecule has 2 nitrogen and oxygen atoms in total. The van der Waals surface area contributed by atoms with Crippen molar-refractivity contribution in [3.05, 3.63) is 0 Å². The summed E-state index contributed by atoms with van der Waals surface area (Å²) in [4.78, 5) is 0. The van der Waals surface area contributed by atoms with Crippen molar-refractivity contribution in [2.45, 2.75) is 0 Å². The Morgan fingerprint density at radius 1 is 0.750 bits per heavy atom. The predicted octanol–water partition coefficient (Wildman–Crippen LogP) is -0.765. The van der Waals surface area contributed by atoms with Crippen LogP contribution in [0.25, 0.3) is 0 Å². The molecule has 0 saturated carbocycles. The molecule has 2 N–H and O–H groups in total. The van der Waals surface area contributed by atoms with Crippen LogP contribution in [0.5, 0.6) is 0 Å². The minimum Gasteiger partial charge on any atom is -0.314 e. The molecule has 1 rings (SSSR count). The van der Waals surface area contributed by atoms with E-state index in [4.69, 9.17) is 0 Å². The summed E-state index contributed by atoms with van der Waals surface area (Å²) in [6, 6.07) is 0. The van der Waals surface area contributed by atoms with Gasteiger partial charge in [0.15, 0.2) is 0 Å². The van der Waals surface area contributed by atoms with Gasteiger partial charge < -0.3 is 10.6 Å². The van der Waals surface area contributed by atoms with Crippen molar-refractivity contribution in [2.75, 3.05) is 26.2 Å². The van der Waals surface area contributed by atoms with Crippen LogP contribution in [0.2, 0.25) is 0 Å². The van der Waals surface area contributed by atoms with Crippen LogP contribution >= 0.6 is 9.90 Å². The van der Waals surface area contributed by atoms with Gasteiger partial charge in [0.1, 0.15) is 0 Å². The molecule has 8 heavy (non-hydrogen) atoms. The maximum Gasteiger partial charge on any atom is 0.00772 e. The third-order valence-electron chi connectivity index (χ3n) is 0.957. The van der Waals surface area contributed by atoms with E-state index >= 15 is 0 Å². The van der Waals surface area contributed by atoms with E-state index in [9.17, 15) is 0 Å². The predicted molar refractivity (Wildman–Crippen MR) is 36.8 cm³/mol. The van der Waals surface area contributed by atoms with Crippen molar-refractivity contribution in [1.82, 2.24) is 10.6 Å². The van der Waals surface area contributed by atoms with Crippen LogP contribution in [0.4, 0.5) is 0 Å². The van der Waals surface area contributed by atoms with E-state index < -0.39 is 0 Å². The number of rotatable bonds is 0. The van der Waals surface area contributed by atoms with Gasteiger partial charge in [-0.3, -0.25) is 0 Å². The third kappa shape index (κ3) is 5.18. The summed E-state index contributed by atoms with van der Waals surface area (Å²) in [6.45, 7) is 4.56. The van der Waals surface area contributed by atoms with E-state index in [1.54, 1.807) is 0 Å². The molecule has 4 heteroatoms. The fourth-order valence-electron chi connectivity index (χ4n) is 0.604. The van der Waals surface area contributed by atoms with Gasteiger partial charge in [-0.25, -0.2) is 0 Å². The van der Waals surface area contributed by atoms with Gasteiger partial charge in [0, 0.05) is 47.2 Å². The summed E-state index contributed by atoms with van der Waals surface area (Å²) in [7, 11) is 0. The SMILES string of the molecule is C1CNCCN1.P.[Pt]. The zero-order valence-electron chi connectivity index (χ0n) is 4.85. The van der Waals surface area contributed by atoms with Crippen LogP contribution in [0.1, 0.15) is 0 Å². The maximum absolute atomic E-state index is 3.22. The van der Waals surface area contributed by atoms with Gasteiger partial charge in [0.05, 0.1) is 0 Å². The smallest absolute Gasteiger partial charge is 0.00772 e. The van der Waals surface area contributed by atoms with E-state index in [0.717, 1.165) is 26.2 Å². The molecule has 1 unspecified atom stereocenters. The molecule has 0 spiro atoms. The normalized spacial score (nSPS) is 18.0. The molecule has 0 aliphatic carbocycles. The molecule has 1 aliphatic rings.